The Kier molecular flexibility index (Phi) is 9.75. The number of thiocarbonyl (C=S) groups is 1. The number of nitrogens with one attached hydrogen (secondary N) is 3. The van der Waals surface area contributed by atoms with Crippen molar-refractivity contribution in [2.24, 2.45) is 0 Å². The topological polar surface area (TPSA) is 106 Å². The number of hydrogen-bond acceptors (Lipinski definition) is 6. The van der Waals surface area contributed by atoms with Gasteiger partial charge in [0.2, 0.25) is 10.0 Å². The zero-order valence-corrected chi connectivity index (χ0v) is 22.0. The highest BCUT2D eigenvalue weighted by Gasteiger charge is 2.14. The van der Waals surface area contributed by atoms with E-state index in [0.29, 0.717) is 34.7 Å². The zero-order valence-electron chi connectivity index (χ0n) is 18.8. The SMILES string of the molecule is COCCOc1ccc(C(=O)NC(=S)Nc2ccc(S(=O)(=O)NCc3ccccc3)cc2)cc1Br. The van der Waals surface area contributed by atoms with Crippen molar-refractivity contribution in [3.63, 3.8) is 0 Å². The fraction of sp³-hybridized carbons (Fsp3) is 0.167. The number of methoxy groups -OCH3 is 1. The second-order valence-corrected chi connectivity index (χ2v) is 10.3. The van der Waals surface area contributed by atoms with Crippen molar-refractivity contribution in [1.82, 2.24) is 10.0 Å². The van der Waals surface area contributed by atoms with Crippen molar-refractivity contribution in [2.75, 3.05) is 25.6 Å². The Balaban J connectivity index is 1.54. The number of benzene rings is 3. The summed E-state index contributed by atoms with van der Waals surface area (Å²) >= 11 is 8.61. The summed E-state index contributed by atoms with van der Waals surface area (Å²) in [6, 6.07) is 20.2. The number of hydrogen-bond donors (Lipinski definition) is 3. The summed E-state index contributed by atoms with van der Waals surface area (Å²) in [5.41, 5.74) is 1.77. The molecule has 3 N–H and O–H groups in total. The molecule has 8 nitrogen and oxygen atoms in total. The Morgan fingerprint density at radius 2 is 1.71 bits per heavy atom. The molecule has 0 atom stereocenters. The number of sulfonamides is 1. The second-order valence-electron chi connectivity index (χ2n) is 7.23. The molecule has 0 bridgehead atoms. The molecule has 0 radical (unpaired) electrons. The second kappa shape index (κ2) is 12.8. The van der Waals surface area contributed by atoms with Crippen LogP contribution < -0.4 is 20.1 Å². The summed E-state index contributed by atoms with van der Waals surface area (Å²) in [4.78, 5) is 12.7. The van der Waals surface area contributed by atoms with Gasteiger partial charge in [0.25, 0.3) is 5.91 Å². The highest BCUT2D eigenvalue weighted by Crippen LogP contribution is 2.26. The summed E-state index contributed by atoms with van der Waals surface area (Å²) in [6.07, 6.45) is 0. The highest BCUT2D eigenvalue weighted by atomic mass is 79.9. The molecule has 0 aliphatic rings. The van der Waals surface area contributed by atoms with Gasteiger partial charge in [0.1, 0.15) is 12.4 Å². The van der Waals surface area contributed by atoms with E-state index in [-0.39, 0.29) is 16.6 Å². The van der Waals surface area contributed by atoms with Crippen LogP contribution in [-0.4, -0.2) is 39.8 Å². The predicted octanol–water partition coefficient (Wildman–Crippen LogP) is 4.08. The Morgan fingerprint density at radius 3 is 2.37 bits per heavy atom. The minimum atomic E-state index is -3.68. The monoisotopic (exact) mass is 577 g/mol. The van der Waals surface area contributed by atoms with Crippen LogP contribution in [0.4, 0.5) is 5.69 Å². The third-order valence-corrected chi connectivity index (χ3v) is 6.94. The van der Waals surface area contributed by atoms with Crippen LogP contribution in [0, 0.1) is 0 Å². The maximum absolute atomic E-state index is 12.5. The van der Waals surface area contributed by atoms with Crippen LogP contribution in [0.5, 0.6) is 5.75 Å². The summed E-state index contributed by atoms with van der Waals surface area (Å²) in [5.74, 6) is 0.184. The molecule has 0 fully saturated rings. The van der Waals surface area contributed by atoms with E-state index in [1.54, 1.807) is 37.4 Å². The summed E-state index contributed by atoms with van der Waals surface area (Å²) in [7, 11) is -2.09. The highest BCUT2D eigenvalue weighted by molar-refractivity contribution is 9.10. The van der Waals surface area contributed by atoms with Gasteiger partial charge in [-0.2, -0.15) is 0 Å². The van der Waals surface area contributed by atoms with E-state index < -0.39 is 15.9 Å². The molecule has 0 spiro atoms. The van der Waals surface area contributed by atoms with Gasteiger partial charge < -0.3 is 14.8 Å². The summed E-state index contributed by atoms with van der Waals surface area (Å²) in [5, 5.41) is 5.54. The van der Waals surface area contributed by atoms with Gasteiger partial charge in [-0.25, -0.2) is 13.1 Å². The molecule has 3 aromatic carbocycles. The Hall–Kier alpha value is -2.83. The van der Waals surface area contributed by atoms with E-state index in [4.69, 9.17) is 21.7 Å². The van der Waals surface area contributed by atoms with E-state index >= 15 is 0 Å². The van der Waals surface area contributed by atoms with Gasteiger partial charge in [-0.1, -0.05) is 30.3 Å². The van der Waals surface area contributed by atoms with Crippen molar-refractivity contribution in [3.8, 4) is 5.75 Å². The van der Waals surface area contributed by atoms with Crippen LogP contribution in [0.3, 0.4) is 0 Å². The number of carbonyl (C=O) groups excluding carboxylic acids is 1. The lowest BCUT2D eigenvalue weighted by molar-refractivity contribution is 0.0977. The Bertz CT molecular complexity index is 1270. The van der Waals surface area contributed by atoms with Gasteiger partial charge in [-0.05, 0) is 76.2 Å². The standard InChI is InChI=1S/C24H24BrN3O5S2/c1-32-13-14-33-22-12-7-18(15-21(22)25)23(29)28-24(34)27-19-8-10-20(11-9-19)35(30,31)26-16-17-5-3-2-4-6-17/h2-12,15,26H,13-14,16H2,1H3,(H2,27,28,29,34). The molecule has 0 saturated heterocycles. The smallest absolute Gasteiger partial charge is 0.257 e. The first-order chi connectivity index (χ1) is 16.8. The van der Waals surface area contributed by atoms with E-state index in [2.05, 4.69) is 31.3 Å². The van der Waals surface area contributed by atoms with Crippen LogP contribution in [0.2, 0.25) is 0 Å². The number of rotatable bonds is 10. The number of amides is 1. The molecule has 0 saturated carbocycles. The van der Waals surface area contributed by atoms with Gasteiger partial charge in [0, 0.05) is 24.9 Å². The molecule has 3 rings (SSSR count). The largest absolute Gasteiger partial charge is 0.490 e. The maximum Gasteiger partial charge on any atom is 0.257 e. The van der Waals surface area contributed by atoms with Crippen molar-refractivity contribution < 1.29 is 22.7 Å². The molecular formula is C24H24BrN3O5S2. The summed E-state index contributed by atoms with van der Waals surface area (Å²) in [6.45, 7) is 1.03. The van der Waals surface area contributed by atoms with Crippen LogP contribution in [-0.2, 0) is 21.3 Å². The molecule has 11 heteroatoms. The molecule has 0 heterocycles. The molecule has 0 aliphatic carbocycles. The number of anilines is 1. The lowest BCUT2D eigenvalue weighted by atomic mass is 10.2. The van der Waals surface area contributed by atoms with Crippen molar-refractivity contribution in [2.45, 2.75) is 11.4 Å². The number of carbonyl (C=O) groups is 1. The molecule has 0 unspecified atom stereocenters. The van der Waals surface area contributed by atoms with Crippen molar-refractivity contribution in [3.05, 3.63) is 88.4 Å². The Labute approximate surface area is 218 Å². The fourth-order valence-electron chi connectivity index (χ4n) is 2.91. The van der Waals surface area contributed by atoms with Gasteiger partial charge in [0.15, 0.2) is 5.11 Å². The minimum Gasteiger partial charge on any atom is -0.490 e. The molecule has 3 aromatic rings. The zero-order chi connectivity index (χ0) is 25.3. The first-order valence-electron chi connectivity index (χ1n) is 10.5. The molecule has 184 valence electrons. The maximum atomic E-state index is 12.5. The third kappa shape index (κ3) is 8.11. The van der Waals surface area contributed by atoms with Gasteiger partial charge >= 0.3 is 0 Å². The molecule has 0 aromatic heterocycles. The lowest BCUT2D eigenvalue weighted by Gasteiger charge is -2.12. The van der Waals surface area contributed by atoms with E-state index in [0.717, 1.165) is 5.56 Å². The normalized spacial score (nSPS) is 11.0. The Morgan fingerprint density at radius 1 is 1.00 bits per heavy atom. The quantitative estimate of drug-likeness (QED) is 0.246. The van der Waals surface area contributed by atoms with Crippen molar-refractivity contribution >= 4 is 54.9 Å². The minimum absolute atomic E-state index is 0.0735. The molecular weight excluding hydrogens is 554 g/mol. The molecule has 35 heavy (non-hydrogen) atoms. The lowest BCUT2D eigenvalue weighted by Crippen LogP contribution is -2.34. The van der Waals surface area contributed by atoms with Crippen LogP contribution in [0.25, 0.3) is 0 Å². The van der Waals surface area contributed by atoms with Gasteiger partial charge in [0.05, 0.1) is 16.0 Å². The summed E-state index contributed by atoms with van der Waals surface area (Å²) < 4.78 is 38.8. The van der Waals surface area contributed by atoms with Crippen LogP contribution >= 0.6 is 28.1 Å². The number of ether oxygens (including phenoxy) is 2. The first kappa shape index (κ1) is 26.8. The first-order valence-corrected chi connectivity index (χ1v) is 13.1. The fourth-order valence-corrected chi connectivity index (χ4v) is 4.63. The average Bonchev–Trinajstić information content (AvgIpc) is 2.85. The van der Waals surface area contributed by atoms with Gasteiger partial charge in [-0.3, -0.25) is 10.1 Å². The molecule has 0 aliphatic heterocycles. The van der Waals surface area contributed by atoms with Crippen molar-refractivity contribution in [1.29, 1.82) is 0 Å². The predicted molar refractivity (Wildman–Crippen MR) is 142 cm³/mol. The van der Waals surface area contributed by atoms with E-state index in [1.807, 2.05) is 30.3 Å². The van der Waals surface area contributed by atoms with E-state index in [9.17, 15) is 13.2 Å². The van der Waals surface area contributed by atoms with E-state index in [1.165, 1.54) is 12.1 Å². The van der Waals surface area contributed by atoms with Gasteiger partial charge in [-0.15, -0.1) is 0 Å². The van der Waals surface area contributed by atoms with Crippen LogP contribution in [0.15, 0.2) is 82.2 Å². The molecule has 1 amide bonds. The van der Waals surface area contributed by atoms with Crippen LogP contribution in [0.1, 0.15) is 15.9 Å². The third-order valence-electron chi connectivity index (χ3n) is 4.70. The average molecular weight is 579 g/mol. The number of halogens is 1.